The molecule has 5 nitrogen and oxygen atoms in total. The van der Waals surface area contributed by atoms with E-state index in [9.17, 15) is 4.79 Å². The van der Waals surface area contributed by atoms with Crippen LogP contribution in [-0.4, -0.2) is 35.4 Å². The zero-order valence-electron chi connectivity index (χ0n) is 10.9. The Hall–Kier alpha value is -1.36. The number of nitrogens with one attached hydrogen (secondary N) is 1. The van der Waals surface area contributed by atoms with Crippen molar-refractivity contribution in [3.05, 3.63) is 18.0 Å². The summed E-state index contributed by atoms with van der Waals surface area (Å²) in [7, 11) is 0. The summed E-state index contributed by atoms with van der Waals surface area (Å²) in [5.74, 6) is 0.725. The van der Waals surface area contributed by atoms with Crippen LogP contribution in [0.25, 0.3) is 0 Å². The van der Waals surface area contributed by atoms with Gasteiger partial charge in [-0.3, -0.25) is 9.48 Å². The van der Waals surface area contributed by atoms with Crippen LogP contribution < -0.4 is 5.32 Å². The maximum Gasteiger partial charge on any atom is 0.221 e. The van der Waals surface area contributed by atoms with Crippen LogP contribution >= 0.6 is 0 Å². The molecule has 1 aliphatic rings. The van der Waals surface area contributed by atoms with Gasteiger partial charge in [0.25, 0.3) is 0 Å². The average molecular weight is 251 g/mol. The van der Waals surface area contributed by atoms with E-state index in [0.717, 1.165) is 38.3 Å². The van der Waals surface area contributed by atoms with Gasteiger partial charge in [0.2, 0.25) is 5.91 Å². The molecule has 100 valence electrons. The van der Waals surface area contributed by atoms with E-state index >= 15 is 0 Å². The smallest absolute Gasteiger partial charge is 0.221 e. The van der Waals surface area contributed by atoms with E-state index in [2.05, 4.69) is 10.4 Å². The molecular weight excluding hydrogens is 230 g/mol. The van der Waals surface area contributed by atoms with Gasteiger partial charge >= 0.3 is 0 Å². The Bertz CT molecular complexity index is 383. The lowest BCUT2D eigenvalue weighted by atomic mass is 10.1. The van der Waals surface area contributed by atoms with E-state index in [1.165, 1.54) is 0 Å². The van der Waals surface area contributed by atoms with Gasteiger partial charge in [0.15, 0.2) is 0 Å². The lowest BCUT2D eigenvalue weighted by molar-refractivity contribution is -0.121. The molecule has 2 rings (SSSR count). The second-order valence-corrected chi connectivity index (χ2v) is 4.81. The average Bonchev–Trinajstić information content (AvgIpc) is 2.98. The highest BCUT2D eigenvalue weighted by Gasteiger charge is 2.15. The Labute approximate surface area is 108 Å². The Kier molecular flexibility index (Phi) is 4.75. The number of amides is 1. The van der Waals surface area contributed by atoms with Crippen LogP contribution in [0.2, 0.25) is 0 Å². The molecule has 0 unspecified atom stereocenters. The predicted octanol–water partition coefficient (Wildman–Crippen LogP) is 1.12. The Morgan fingerprint density at radius 2 is 2.56 bits per heavy atom. The van der Waals surface area contributed by atoms with E-state index in [4.69, 9.17) is 4.74 Å². The highest BCUT2D eigenvalue weighted by Crippen LogP contribution is 2.15. The van der Waals surface area contributed by atoms with Crippen molar-refractivity contribution in [3.63, 3.8) is 0 Å². The van der Waals surface area contributed by atoms with E-state index < -0.39 is 0 Å². The number of aromatic nitrogens is 2. The quantitative estimate of drug-likeness (QED) is 0.824. The van der Waals surface area contributed by atoms with Gasteiger partial charge in [-0.2, -0.15) is 5.10 Å². The molecule has 18 heavy (non-hydrogen) atoms. The summed E-state index contributed by atoms with van der Waals surface area (Å²) in [6.45, 7) is 5.12. The summed E-state index contributed by atoms with van der Waals surface area (Å²) in [5.41, 5.74) is 1.09. The Balaban J connectivity index is 1.59. The van der Waals surface area contributed by atoms with Gasteiger partial charge in [0, 0.05) is 44.6 Å². The molecule has 1 fully saturated rings. The highest BCUT2D eigenvalue weighted by atomic mass is 16.5. The summed E-state index contributed by atoms with van der Waals surface area (Å²) < 4.78 is 7.15. The normalized spacial score (nSPS) is 19.1. The number of carbonyl (C=O) groups excluding carboxylic acids is 1. The minimum Gasteiger partial charge on any atom is -0.381 e. The van der Waals surface area contributed by atoms with Gasteiger partial charge in [-0.25, -0.2) is 0 Å². The standard InChI is InChI=1S/C13H21N3O2/c1-11-2-7-15-16(11)8-4-13(17)14-6-3-12-5-9-18-10-12/h2,7,12H,3-6,8-10H2,1H3,(H,14,17)/t12-/m1/s1. The molecular formula is C13H21N3O2. The topological polar surface area (TPSA) is 56.2 Å². The monoisotopic (exact) mass is 251 g/mol. The van der Waals surface area contributed by atoms with Gasteiger partial charge in [-0.1, -0.05) is 0 Å². The zero-order chi connectivity index (χ0) is 12.8. The second-order valence-electron chi connectivity index (χ2n) is 4.81. The van der Waals surface area contributed by atoms with Gasteiger partial charge < -0.3 is 10.1 Å². The van der Waals surface area contributed by atoms with Crippen molar-refractivity contribution in [2.24, 2.45) is 5.92 Å². The molecule has 5 heteroatoms. The van der Waals surface area contributed by atoms with Gasteiger partial charge in [-0.15, -0.1) is 0 Å². The van der Waals surface area contributed by atoms with Gasteiger partial charge in [-0.05, 0) is 31.7 Å². The molecule has 1 aliphatic heterocycles. The summed E-state index contributed by atoms with van der Waals surface area (Å²) in [4.78, 5) is 11.6. The Morgan fingerprint density at radius 3 is 3.22 bits per heavy atom. The van der Waals surface area contributed by atoms with E-state index in [1.54, 1.807) is 6.20 Å². The van der Waals surface area contributed by atoms with Crippen molar-refractivity contribution in [3.8, 4) is 0 Å². The van der Waals surface area contributed by atoms with Crippen LogP contribution in [0.3, 0.4) is 0 Å². The van der Waals surface area contributed by atoms with Crippen molar-refractivity contribution in [1.82, 2.24) is 15.1 Å². The summed E-state index contributed by atoms with van der Waals surface area (Å²) in [6.07, 6.45) is 4.39. The first kappa shape index (κ1) is 13.1. The van der Waals surface area contributed by atoms with Crippen molar-refractivity contribution in [2.75, 3.05) is 19.8 Å². The molecule has 1 saturated heterocycles. The summed E-state index contributed by atoms with van der Waals surface area (Å²) in [6, 6.07) is 1.94. The first-order valence-electron chi connectivity index (χ1n) is 6.58. The molecule has 2 heterocycles. The molecule has 0 spiro atoms. The molecule has 1 N–H and O–H groups in total. The molecule has 0 aromatic carbocycles. The molecule has 1 aromatic rings. The van der Waals surface area contributed by atoms with E-state index in [-0.39, 0.29) is 5.91 Å². The number of rotatable bonds is 6. The first-order chi connectivity index (χ1) is 8.75. The number of hydrogen-bond acceptors (Lipinski definition) is 3. The second kappa shape index (κ2) is 6.54. The van der Waals surface area contributed by atoms with Gasteiger partial charge in [0.05, 0.1) is 0 Å². The van der Waals surface area contributed by atoms with Crippen LogP contribution in [-0.2, 0) is 16.1 Å². The maximum atomic E-state index is 11.6. The highest BCUT2D eigenvalue weighted by molar-refractivity contribution is 5.75. The van der Waals surface area contributed by atoms with Crippen molar-refractivity contribution >= 4 is 5.91 Å². The first-order valence-corrected chi connectivity index (χ1v) is 6.58. The third-order valence-corrected chi connectivity index (χ3v) is 3.38. The lowest BCUT2D eigenvalue weighted by Gasteiger charge is -2.09. The van der Waals surface area contributed by atoms with E-state index in [0.29, 0.717) is 18.9 Å². The maximum absolute atomic E-state index is 11.6. The van der Waals surface area contributed by atoms with Crippen LogP contribution in [0.5, 0.6) is 0 Å². The van der Waals surface area contributed by atoms with Crippen LogP contribution in [0.4, 0.5) is 0 Å². The molecule has 1 atom stereocenters. The molecule has 0 radical (unpaired) electrons. The minimum atomic E-state index is 0.101. The predicted molar refractivity (Wildman–Crippen MR) is 68.1 cm³/mol. The van der Waals surface area contributed by atoms with Crippen molar-refractivity contribution < 1.29 is 9.53 Å². The fourth-order valence-electron chi connectivity index (χ4n) is 2.16. The van der Waals surface area contributed by atoms with Crippen molar-refractivity contribution in [2.45, 2.75) is 32.7 Å². The summed E-state index contributed by atoms with van der Waals surface area (Å²) in [5, 5.41) is 7.11. The number of ether oxygens (including phenoxy) is 1. The third-order valence-electron chi connectivity index (χ3n) is 3.38. The number of aryl methyl sites for hydroxylation is 2. The zero-order valence-corrected chi connectivity index (χ0v) is 10.9. The molecule has 0 saturated carbocycles. The minimum absolute atomic E-state index is 0.101. The van der Waals surface area contributed by atoms with Crippen LogP contribution in [0.1, 0.15) is 25.0 Å². The van der Waals surface area contributed by atoms with Crippen LogP contribution in [0, 0.1) is 12.8 Å². The lowest BCUT2D eigenvalue weighted by Crippen LogP contribution is -2.27. The van der Waals surface area contributed by atoms with Crippen LogP contribution in [0.15, 0.2) is 12.3 Å². The summed E-state index contributed by atoms with van der Waals surface area (Å²) >= 11 is 0. The molecule has 0 aliphatic carbocycles. The number of hydrogen-bond donors (Lipinski definition) is 1. The van der Waals surface area contributed by atoms with E-state index in [1.807, 2.05) is 17.7 Å². The number of carbonyl (C=O) groups is 1. The SMILES string of the molecule is Cc1ccnn1CCC(=O)NCC[C@@H]1CCOC1. The fraction of sp³-hybridized carbons (Fsp3) is 0.692. The third kappa shape index (κ3) is 3.84. The van der Waals surface area contributed by atoms with Gasteiger partial charge in [0.1, 0.15) is 0 Å². The fourth-order valence-corrected chi connectivity index (χ4v) is 2.16. The number of nitrogens with zero attached hydrogens (tertiary/aromatic N) is 2. The Morgan fingerprint density at radius 1 is 1.67 bits per heavy atom. The molecule has 0 bridgehead atoms. The molecule has 1 aromatic heterocycles. The molecule has 1 amide bonds. The van der Waals surface area contributed by atoms with Crippen molar-refractivity contribution in [1.29, 1.82) is 0 Å². The largest absolute Gasteiger partial charge is 0.381 e.